The van der Waals surface area contributed by atoms with Gasteiger partial charge in [-0.3, -0.25) is 7.32 Å². The second-order valence-electron chi connectivity index (χ2n) is 30.9. The Hall–Kier alpha value is -9.54. The van der Waals surface area contributed by atoms with Crippen LogP contribution in [0.15, 0.2) is 309 Å². The zero-order valence-electron chi connectivity index (χ0n) is 71.2. The van der Waals surface area contributed by atoms with Crippen molar-refractivity contribution < 1.29 is 15.1 Å². The van der Waals surface area contributed by atoms with Crippen LogP contribution in [0.1, 0.15) is 228 Å². The molecule has 0 unspecified atom stereocenters. The molecule has 12 rings (SSSR count). The fourth-order valence-electron chi connectivity index (χ4n) is 17.3. The summed E-state index contributed by atoms with van der Waals surface area (Å²) >= 11 is 0. The van der Waals surface area contributed by atoms with Crippen molar-refractivity contribution in [2.75, 3.05) is 0 Å². The molecule has 0 saturated carbocycles. The molecule has 0 spiro atoms. The van der Waals surface area contributed by atoms with Crippen molar-refractivity contribution in [3.05, 3.63) is 359 Å². The normalized spacial score (nSPS) is 11.4. The van der Waals surface area contributed by atoms with Gasteiger partial charge in [0.1, 0.15) is 51.2 Å². The molecule has 0 radical (unpaired) electrons. The molecule has 0 amide bonds. The summed E-state index contributed by atoms with van der Waals surface area (Å²) in [4.78, 5) is 0. The molecule has 0 aliphatic rings. The van der Waals surface area contributed by atoms with E-state index in [0.717, 1.165) is 19.3 Å². The number of nitrogens with zero attached hydrogens (tertiary/aromatic N) is 3. The van der Waals surface area contributed by atoms with Crippen LogP contribution in [0, 0.1) is 0 Å². The molecule has 7 heteroatoms. The van der Waals surface area contributed by atoms with Gasteiger partial charge in [0.25, 0.3) is 0 Å². The molecule has 0 atom stereocenters. The van der Waals surface area contributed by atoms with E-state index in [1.165, 1.54) is 222 Å². The van der Waals surface area contributed by atoms with E-state index >= 15 is 0 Å². The second kappa shape index (κ2) is 48.1. The maximum Gasteiger partial charge on any atom is 0.151 e. The largest absolute Gasteiger partial charge is 0.907 e. The van der Waals surface area contributed by atoms with Gasteiger partial charge < -0.3 is 15.1 Å². The fourth-order valence-corrected chi connectivity index (χ4v) is 17.3. The third-order valence-corrected chi connectivity index (χ3v) is 23.0. The van der Waals surface area contributed by atoms with Crippen LogP contribution in [0.25, 0.3) is 0 Å². The Balaban J connectivity index is 0.000000193. The molecule has 115 heavy (non-hydrogen) atoms. The first-order chi connectivity index (χ1) is 56.5. The van der Waals surface area contributed by atoms with E-state index in [-0.39, 0.29) is 0 Å². The summed E-state index contributed by atoms with van der Waals surface area (Å²) < 4.78 is 1.82. The maximum atomic E-state index is 8.42. The minimum atomic E-state index is -2.92. The lowest BCUT2D eigenvalue weighted by Crippen LogP contribution is -2.56. The summed E-state index contributed by atoms with van der Waals surface area (Å²) in [6.45, 7) is 20.8. The van der Waals surface area contributed by atoms with Crippen molar-refractivity contribution >= 4 is 75.6 Å². The molecular weight excluding hydrogens is 1400 g/mol. The highest BCUT2D eigenvalue weighted by Gasteiger charge is 2.45. The lowest BCUT2D eigenvalue weighted by Gasteiger charge is -2.39. The molecular formula is C108H132BN3O3. The number of hydrogen-bond acceptors (Lipinski definition) is 3. The van der Waals surface area contributed by atoms with Crippen molar-refractivity contribution in [3.8, 4) is 0 Å². The topological polar surface area (TPSA) is 69.2 Å². The highest BCUT2D eigenvalue weighted by molar-refractivity contribution is 6.24. The SMILES string of the molecule is CCCCc1ccc([N+](c2ccccc2)(c2ccccc2)c2ccccc2)c(CCCC)c1CCCC.CCCCc1ccc([N+](c2ccccc2)(c2ccccc2)c2ccccc2)c(CCCC)c1CCCC.CCCCc1ccc([N+](c2ccccc2)(c2ccccc2)c2ccccc2)c(CCCC)c1CCCC.[O-]B([O-])[O-]. The van der Waals surface area contributed by atoms with Gasteiger partial charge >= 0.3 is 0 Å². The van der Waals surface area contributed by atoms with E-state index in [9.17, 15) is 0 Å². The summed E-state index contributed by atoms with van der Waals surface area (Å²) in [5.41, 5.74) is 30.0. The van der Waals surface area contributed by atoms with E-state index in [1.807, 2.05) is 0 Å². The van der Waals surface area contributed by atoms with Crippen LogP contribution in [-0.4, -0.2) is 7.32 Å². The number of unbranched alkanes of at least 4 members (excludes halogenated alkanes) is 9. The predicted octanol–water partition coefficient (Wildman–Crippen LogP) is 29.1. The van der Waals surface area contributed by atoms with E-state index < -0.39 is 7.32 Å². The summed E-state index contributed by atoms with van der Waals surface area (Å²) in [6, 6.07) is 115. The van der Waals surface area contributed by atoms with Gasteiger partial charge in [-0.2, -0.15) is 13.4 Å². The number of aryl methyl sites for hydroxylation is 3. The molecule has 0 aliphatic carbocycles. The maximum absolute atomic E-state index is 8.42. The molecule has 0 bridgehead atoms. The summed E-state index contributed by atoms with van der Waals surface area (Å²) in [6.07, 6.45) is 32.5. The van der Waals surface area contributed by atoms with Crippen LogP contribution in [0.2, 0.25) is 0 Å². The van der Waals surface area contributed by atoms with Crippen LogP contribution in [0.3, 0.4) is 0 Å². The molecule has 0 aromatic heterocycles. The second-order valence-corrected chi connectivity index (χ2v) is 30.9. The van der Waals surface area contributed by atoms with Crippen molar-refractivity contribution in [1.29, 1.82) is 0 Å². The van der Waals surface area contributed by atoms with Gasteiger partial charge in [0.05, 0.1) is 0 Å². The lowest BCUT2D eigenvalue weighted by molar-refractivity contribution is -0.479. The molecule has 0 fully saturated rings. The Morgan fingerprint density at radius 3 is 0.443 bits per heavy atom. The number of hydrogen-bond donors (Lipinski definition) is 0. The molecule has 12 aromatic carbocycles. The Morgan fingerprint density at radius 1 is 0.174 bits per heavy atom. The Bertz CT molecular complexity index is 3900. The average Bonchev–Trinajstić information content (AvgIpc) is 0.736. The van der Waals surface area contributed by atoms with Crippen molar-refractivity contribution in [2.24, 2.45) is 0 Å². The van der Waals surface area contributed by atoms with E-state index in [1.54, 1.807) is 50.1 Å². The summed E-state index contributed by atoms with van der Waals surface area (Å²) in [7, 11) is -2.92. The molecule has 12 aromatic rings. The lowest BCUT2D eigenvalue weighted by atomic mass is 9.88. The first-order valence-electron chi connectivity index (χ1n) is 44.1. The molecule has 0 heterocycles. The van der Waals surface area contributed by atoms with Crippen LogP contribution < -0.4 is 28.5 Å². The molecule has 600 valence electrons. The number of quaternary nitrogens is 3. The van der Waals surface area contributed by atoms with Crippen molar-refractivity contribution in [3.63, 3.8) is 0 Å². The van der Waals surface area contributed by atoms with Gasteiger partial charge in [-0.25, -0.2) is 0 Å². The zero-order chi connectivity index (χ0) is 81.4. The van der Waals surface area contributed by atoms with Gasteiger partial charge in [-0.1, -0.05) is 302 Å². The third-order valence-electron chi connectivity index (χ3n) is 23.0. The monoisotopic (exact) mass is 1530 g/mol. The number of rotatable bonds is 39. The minimum absolute atomic E-state index is 0.606. The van der Waals surface area contributed by atoms with E-state index in [2.05, 4.69) is 372 Å². The smallest absolute Gasteiger partial charge is 0.151 e. The van der Waals surface area contributed by atoms with Crippen LogP contribution in [-0.2, 0) is 57.8 Å². The zero-order valence-corrected chi connectivity index (χ0v) is 71.2. The fraction of sp³-hybridized carbons (Fsp3) is 0.333. The Kier molecular flexibility index (Phi) is 37.4. The van der Waals surface area contributed by atoms with Gasteiger partial charge in [-0.05, 0) is 149 Å². The van der Waals surface area contributed by atoms with Crippen LogP contribution in [0.5, 0.6) is 0 Å². The first-order valence-corrected chi connectivity index (χ1v) is 44.1. The van der Waals surface area contributed by atoms with Gasteiger partial charge in [0, 0.05) is 144 Å². The Morgan fingerprint density at radius 2 is 0.304 bits per heavy atom. The number of benzene rings is 12. The van der Waals surface area contributed by atoms with Crippen LogP contribution in [0.4, 0.5) is 68.2 Å². The predicted molar refractivity (Wildman–Crippen MR) is 493 cm³/mol. The number of para-hydroxylation sites is 9. The summed E-state index contributed by atoms with van der Waals surface area (Å²) in [5.74, 6) is 0. The van der Waals surface area contributed by atoms with Crippen molar-refractivity contribution in [1.82, 2.24) is 13.4 Å². The molecule has 0 N–H and O–H groups in total. The van der Waals surface area contributed by atoms with Crippen molar-refractivity contribution in [2.45, 2.75) is 236 Å². The van der Waals surface area contributed by atoms with Gasteiger partial charge in [0.15, 0.2) is 17.1 Å². The van der Waals surface area contributed by atoms with Gasteiger partial charge in [0.2, 0.25) is 0 Å². The first kappa shape index (κ1) is 89.4. The minimum Gasteiger partial charge on any atom is -0.907 e. The van der Waals surface area contributed by atoms with E-state index in [0.29, 0.717) is 13.4 Å². The highest BCUT2D eigenvalue weighted by atomic mass is 16.5. The average molecular weight is 1530 g/mol. The van der Waals surface area contributed by atoms with Gasteiger partial charge in [-0.15, -0.1) is 0 Å². The van der Waals surface area contributed by atoms with Crippen LogP contribution >= 0.6 is 0 Å². The molecule has 0 aliphatic heterocycles. The van der Waals surface area contributed by atoms with E-state index in [4.69, 9.17) is 15.1 Å². The highest BCUT2D eigenvalue weighted by Crippen LogP contribution is 2.57. The quantitative estimate of drug-likeness (QED) is 0.0285. The summed E-state index contributed by atoms with van der Waals surface area (Å²) in [5, 5.41) is 25.2. The molecule has 6 nitrogen and oxygen atoms in total. The third kappa shape index (κ3) is 22.4. The standard InChI is InChI=1S/3C36H44N.BO3/c3*1-4-7-19-30-28-29-36(35(27-9-6-3)34(30)26-8-5-2)37(31-20-13-10-14-21-31,32-22-15-11-16-23-32)33-24-17-12-18-25-33;2-1(3)4/h3*10-18,20-25,28-29H,4-9,19,26-27H2,1-3H3;/q3*+1;-3. The Labute approximate surface area is 694 Å². The molecule has 0 saturated heterocycles.